The van der Waals surface area contributed by atoms with Crippen LogP contribution in [0.2, 0.25) is 0 Å². The summed E-state index contributed by atoms with van der Waals surface area (Å²) in [6.45, 7) is 5.29. The molecule has 3 aromatic rings. The van der Waals surface area contributed by atoms with Crippen LogP contribution in [-0.4, -0.2) is 55.7 Å². The number of fused-ring (bicyclic) bond motifs is 2. The summed E-state index contributed by atoms with van der Waals surface area (Å²) in [4.78, 5) is 7.10. The van der Waals surface area contributed by atoms with Gasteiger partial charge in [0.2, 0.25) is 0 Å². The Labute approximate surface area is 145 Å². The number of hydrogen-bond donors (Lipinski definition) is 1. The number of H-pyrrole nitrogens is 1. The molecule has 0 amide bonds. The number of nitrogens with zero attached hydrogens (tertiary/aromatic N) is 3. The van der Waals surface area contributed by atoms with Crippen LogP contribution in [0.3, 0.4) is 0 Å². The van der Waals surface area contributed by atoms with Gasteiger partial charge in [0.1, 0.15) is 17.0 Å². The molecule has 3 heterocycles. The Morgan fingerprint density at radius 2 is 2.04 bits per heavy atom. The van der Waals surface area contributed by atoms with Crippen LogP contribution >= 0.6 is 0 Å². The van der Waals surface area contributed by atoms with E-state index < -0.39 is 0 Å². The molecule has 25 heavy (non-hydrogen) atoms. The van der Waals surface area contributed by atoms with Crippen LogP contribution in [0.25, 0.3) is 21.9 Å². The Balaban J connectivity index is 2.08. The summed E-state index contributed by atoms with van der Waals surface area (Å²) in [7, 11) is 3.31. The van der Waals surface area contributed by atoms with E-state index in [1.165, 1.54) is 0 Å². The number of ether oxygens (including phenoxy) is 3. The number of hydrogen-bond acceptors (Lipinski definition) is 6. The van der Waals surface area contributed by atoms with Crippen molar-refractivity contribution in [3.63, 3.8) is 0 Å². The van der Waals surface area contributed by atoms with E-state index in [4.69, 9.17) is 19.2 Å². The third kappa shape index (κ3) is 2.64. The van der Waals surface area contributed by atoms with E-state index in [9.17, 15) is 0 Å². The van der Waals surface area contributed by atoms with Crippen LogP contribution in [0, 0.1) is 6.92 Å². The number of rotatable bonds is 3. The lowest BCUT2D eigenvalue weighted by Crippen LogP contribution is -2.26. The Hall–Kier alpha value is -2.54. The van der Waals surface area contributed by atoms with E-state index in [2.05, 4.69) is 15.1 Å². The van der Waals surface area contributed by atoms with Crippen molar-refractivity contribution < 1.29 is 14.2 Å². The van der Waals surface area contributed by atoms with Gasteiger partial charge in [-0.3, -0.25) is 5.10 Å². The summed E-state index contributed by atoms with van der Waals surface area (Å²) >= 11 is 0. The fourth-order valence-electron chi connectivity index (χ4n) is 3.47. The zero-order valence-corrected chi connectivity index (χ0v) is 14.8. The molecule has 0 bridgehead atoms. The SMILES string of the molecule is COc1cc(OC)c2nc3n[nH]c(C)c3c(N3CCCOCC3)c2c1. The van der Waals surface area contributed by atoms with Crippen molar-refractivity contribution in [2.75, 3.05) is 45.4 Å². The summed E-state index contributed by atoms with van der Waals surface area (Å²) in [5.74, 6) is 1.43. The average molecular weight is 342 g/mol. The second kappa shape index (κ2) is 6.40. The predicted octanol–water partition coefficient (Wildman–Crippen LogP) is 2.66. The van der Waals surface area contributed by atoms with Crippen LogP contribution in [0.15, 0.2) is 12.1 Å². The monoisotopic (exact) mass is 342 g/mol. The van der Waals surface area contributed by atoms with Gasteiger partial charge in [0.15, 0.2) is 5.65 Å². The summed E-state index contributed by atoms with van der Waals surface area (Å²) in [5, 5.41) is 9.51. The molecule has 1 aliphatic heterocycles. The number of pyridine rings is 1. The Bertz CT molecular complexity index is 914. The fraction of sp³-hybridized carbons (Fsp3) is 0.444. The first-order valence-corrected chi connectivity index (χ1v) is 8.46. The highest BCUT2D eigenvalue weighted by molar-refractivity contribution is 6.10. The fourth-order valence-corrected chi connectivity index (χ4v) is 3.47. The minimum atomic E-state index is 0.684. The van der Waals surface area contributed by atoms with Gasteiger partial charge in [0.05, 0.1) is 31.9 Å². The predicted molar refractivity (Wildman–Crippen MR) is 96.9 cm³/mol. The van der Waals surface area contributed by atoms with Crippen molar-refractivity contribution >= 4 is 27.6 Å². The van der Waals surface area contributed by atoms with Gasteiger partial charge in [-0.25, -0.2) is 4.98 Å². The van der Waals surface area contributed by atoms with Crippen LogP contribution in [-0.2, 0) is 4.74 Å². The maximum Gasteiger partial charge on any atom is 0.183 e. The van der Waals surface area contributed by atoms with Gasteiger partial charge in [-0.1, -0.05) is 0 Å². The van der Waals surface area contributed by atoms with Crippen molar-refractivity contribution in [3.8, 4) is 11.5 Å². The largest absolute Gasteiger partial charge is 0.497 e. The Kier molecular flexibility index (Phi) is 4.09. The van der Waals surface area contributed by atoms with E-state index in [0.717, 1.165) is 59.5 Å². The molecule has 7 heteroatoms. The first kappa shape index (κ1) is 16.0. The molecule has 7 nitrogen and oxygen atoms in total. The summed E-state index contributed by atoms with van der Waals surface area (Å²) in [6.07, 6.45) is 0.989. The van der Waals surface area contributed by atoms with E-state index in [1.54, 1.807) is 14.2 Å². The van der Waals surface area contributed by atoms with Crippen LogP contribution in [0.5, 0.6) is 11.5 Å². The zero-order valence-electron chi connectivity index (χ0n) is 14.8. The highest BCUT2D eigenvalue weighted by Crippen LogP contribution is 2.40. The number of anilines is 1. The lowest BCUT2D eigenvalue weighted by atomic mass is 10.1. The third-order valence-corrected chi connectivity index (χ3v) is 4.68. The number of aromatic amines is 1. The van der Waals surface area contributed by atoms with Gasteiger partial charge in [-0.15, -0.1) is 0 Å². The maximum absolute atomic E-state index is 5.64. The highest BCUT2D eigenvalue weighted by Gasteiger charge is 2.22. The number of aromatic nitrogens is 3. The third-order valence-electron chi connectivity index (χ3n) is 4.68. The van der Waals surface area contributed by atoms with Crippen LogP contribution in [0.1, 0.15) is 12.1 Å². The number of nitrogens with one attached hydrogen (secondary N) is 1. The maximum atomic E-state index is 5.64. The molecule has 1 aliphatic rings. The molecule has 4 rings (SSSR count). The van der Waals surface area contributed by atoms with Gasteiger partial charge >= 0.3 is 0 Å². The van der Waals surface area contributed by atoms with Gasteiger partial charge in [0, 0.05) is 36.8 Å². The molecule has 1 saturated heterocycles. The lowest BCUT2D eigenvalue weighted by Gasteiger charge is -2.25. The van der Waals surface area contributed by atoms with Gasteiger partial charge in [-0.05, 0) is 19.4 Å². The molecule has 0 atom stereocenters. The standard InChI is InChI=1S/C18H22N4O3/c1-11-15-17(22-5-4-7-25-8-6-22)13-9-12(23-2)10-14(24-3)16(13)19-18(15)21-20-11/h9-10H,4-8H2,1-3H3,(H,19,20,21). The number of methoxy groups -OCH3 is 2. The molecular weight excluding hydrogens is 320 g/mol. The van der Waals surface area contributed by atoms with E-state index in [-0.39, 0.29) is 0 Å². The van der Waals surface area contributed by atoms with E-state index >= 15 is 0 Å². The van der Waals surface area contributed by atoms with Crippen LogP contribution in [0.4, 0.5) is 5.69 Å². The Morgan fingerprint density at radius 1 is 1.16 bits per heavy atom. The van der Waals surface area contributed by atoms with Gasteiger partial charge in [-0.2, -0.15) is 5.10 Å². The minimum Gasteiger partial charge on any atom is -0.497 e. The molecule has 0 radical (unpaired) electrons. The van der Waals surface area contributed by atoms with Crippen molar-refractivity contribution in [3.05, 3.63) is 17.8 Å². The van der Waals surface area contributed by atoms with Crippen LogP contribution < -0.4 is 14.4 Å². The normalized spacial score (nSPS) is 15.6. The smallest absolute Gasteiger partial charge is 0.183 e. The number of aryl methyl sites for hydroxylation is 1. The van der Waals surface area contributed by atoms with E-state index in [1.807, 2.05) is 19.1 Å². The topological polar surface area (TPSA) is 72.5 Å². The molecular formula is C18H22N4O3. The molecule has 1 fully saturated rings. The average Bonchev–Trinajstić information content (AvgIpc) is 2.85. The van der Waals surface area contributed by atoms with Crippen molar-refractivity contribution in [1.82, 2.24) is 15.2 Å². The van der Waals surface area contributed by atoms with Crippen molar-refractivity contribution in [2.45, 2.75) is 13.3 Å². The lowest BCUT2D eigenvalue weighted by molar-refractivity contribution is 0.152. The molecule has 1 N–H and O–H groups in total. The molecule has 132 valence electrons. The zero-order chi connectivity index (χ0) is 17.4. The van der Waals surface area contributed by atoms with Gasteiger partial charge in [0.25, 0.3) is 0 Å². The molecule has 2 aromatic heterocycles. The number of benzene rings is 1. The molecule has 0 unspecified atom stereocenters. The quantitative estimate of drug-likeness (QED) is 0.789. The molecule has 1 aromatic carbocycles. The first-order valence-electron chi connectivity index (χ1n) is 8.46. The highest BCUT2D eigenvalue weighted by atomic mass is 16.5. The second-order valence-corrected chi connectivity index (χ2v) is 6.19. The first-order chi connectivity index (χ1) is 12.2. The van der Waals surface area contributed by atoms with Gasteiger partial charge < -0.3 is 19.1 Å². The molecule has 0 saturated carbocycles. The van der Waals surface area contributed by atoms with E-state index in [0.29, 0.717) is 18.0 Å². The Morgan fingerprint density at radius 3 is 2.84 bits per heavy atom. The summed E-state index contributed by atoms with van der Waals surface area (Å²) in [6, 6.07) is 3.88. The van der Waals surface area contributed by atoms with Crippen molar-refractivity contribution in [2.24, 2.45) is 0 Å². The summed E-state index contributed by atoms with van der Waals surface area (Å²) in [5.41, 5.74) is 3.62. The second-order valence-electron chi connectivity index (χ2n) is 6.19. The van der Waals surface area contributed by atoms with Crippen molar-refractivity contribution in [1.29, 1.82) is 0 Å². The molecule has 0 spiro atoms. The molecule has 0 aliphatic carbocycles. The summed E-state index contributed by atoms with van der Waals surface area (Å²) < 4.78 is 16.7. The minimum absolute atomic E-state index is 0.684.